The summed E-state index contributed by atoms with van der Waals surface area (Å²) in [5.41, 5.74) is 5.34. The highest BCUT2D eigenvalue weighted by Crippen LogP contribution is 2.23. The van der Waals surface area contributed by atoms with Crippen LogP contribution in [0.25, 0.3) is 10.9 Å². The molecule has 2 amide bonds. The topological polar surface area (TPSA) is 84.7 Å². The number of nitrogens with one attached hydrogen (secondary N) is 2. The van der Waals surface area contributed by atoms with Crippen molar-refractivity contribution >= 4 is 28.9 Å². The van der Waals surface area contributed by atoms with E-state index in [9.17, 15) is 9.59 Å². The summed E-state index contributed by atoms with van der Waals surface area (Å²) >= 11 is 0. The molecule has 1 aromatic heterocycles. The molecule has 2 aromatic carbocycles. The number of carbonyl (C=O) groups is 2. The zero-order valence-corrected chi connectivity index (χ0v) is 17.4. The summed E-state index contributed by atoms with van der Waals surface area (Å²) in [7, 11) is 1.59. The van der Waals surface area contributed by atoms with Crippen LogP contribution in [0.15, 0.2) is 59.8 Å². The van der Waals surface area contributed by atoms with Crippen LogP contribution in [0, 0.1) is 0 Å². The monoisotopic (exact) mass is 406 g/mol. The molecular formula is C23H26N4O3. The highest BCUT2D eigenvalue weighted by atomic mass is 16.5. The molecule has 3 aromatic rings. The Morgan fingerprint density at radius 1 is 1.10 bits per heavy atom. The number of hydrogen-bond donors (Lipinski definition) is 2. The predicted octanol–water partition coefficient (Wildman–Crippen LogP) is 3.04. The van der Waals surface area contributed by atoms with E-state index >= 15 is 0 Å². The van der Waals surface area contributed by atoms with Crippen LogP contribution in [0.5, 0.6) is 5.75 Å². The summed E-state index contributed by atoms with van der Waals surface area (Å²) in [6.07, 6.45) is 3.83. The maximum atomic E-state index is 12.0. The number of hydrazone groups is 1. The van der Waals surface area contributed by atoms with Crippen molar-refractivity contribution in [1.29, 1.82) is 0 Å². The molecule has 0 atom stereocenters. The Morgan fingerprint density at radius 3 is 2.53 bits per heavy atom. The number of fused-ring (bicyclic) bond motifs is 1. The first kappa shape index (κ1) is 21.1. The SMILES string of the molecule is COc1ccc(CC(=O)NCC(=O)N/N=C/c2cn(C(C)C)c3ccccc23)cc1. The number of hydrogen-bond acceptors (Lipinski definition) is 4. The quantitative estimate of drug-likeness (QED) is 0.445. The van der Waals surface area contributed by atoms with Crippen molar-refractivity contribution in [3.05, 3.63) is 65.9 Å². The fourth-order valence-corrected chi connectivity index (χ4v) is 3.15. The van der Waals surface area contributed by atoms with Gasteiger partial charge in [-0.1, -0.05) is 30.3 Å². The van der Waals surface area contributed by atoms with Gasteiger partial charge in [-0.15, -0.1) is 0 Å². The van der Waals surface area contributed by atoms with E-state index in [-0.39, 0.29) is 24.8 Å². The second kappa shape index (κ2) is 9.73. The molecule has 0 fully saturated rings. The number of para-hydroxylation sites is 1. The molecule has 0 unspecified atom stereocenters. The Balaban J connectivity index is 1.51. The molecule has 0 bridgehead atoms. The average Bonchev–Trinajstić information content (AvgIpc) is 3.12. The Labute approximate surface area is 175 Å². The number of amides is 2. The van der Waals surface area contributed by atoms with E-state index in [4.69, 9.17) is 4.74 Å². The van der Waals surface area contributed by atoms with Crippen LogP contribution >= 0.6 is 0 Å². The van der Waals surface area contributed by atoms with Gasteiger partial charge in [-0.3, -0.25) is 9.59 Å². The second-order valence-electron chi connectivity index (χ2n) is 7.20. The molecule has 0 radical (unpaired) electrons. The minimum absolute atomic E-state index is 0.139. The number of benzene rings is 2. The number of rotatable bonds is 8. The van der Waals surface area contributed by atoms with Gasteiger partial charge >= 0.3 is 0 Å². The van der Waals surface area contributed by atoms with E-state index in [2.05, 4.69) is 40.3 Å². The van der Waals surface area contributed by atoms with Gasteiger partial charge in [-0.05, 0) is 37.6 Å². The van der Waals surface area contributed by atoms with Crippen LogP contribution in [0.4, 0.5) is 0 Å². The number of methoxy groups -OCH3 is 1. The van der Waals surface area contributed by atoms with Gasteiger partial charge in [0.05, 0.1) is 26.3 Å². The van der Waals surface area contributed by atoms with Gasteiger partial charge in [0.25, 0.3) is 5.91 Å². The molecular weight excluding hydrogens is 380 g/mol. The minimum Gasteiger partial charge on any atom is -0.497 e. The molecule has 156 valence electrons. The van der Waals surface area contributed by atoms with Crippen molar-refractivity contribution in [3.63, 3.8) is 0 Å². The lowest BCUT2D eigenvalue weighted by molar-refractivity contribution is -0.125. The molecule has 0 aliphatic carbocycles. The first-order valence-corrected chi connectivity index (χ1v) is 9.79. The largest absolute Gasteiger partial charge is 0.497 e. The van der Waals surface area contributed by atoms with Gasteiger partial charge < -0.3 is 14.6 Å². The molecule has 3 rings (SSSR count). The Bertz CT molecular complexity index is 1050. The molecule has 30 heavy (non-hydrogen) atoms. The van der Waals surface area contributed by atoms with Crippen LogP contribution in [0.1, 0.15) is 31.0 Å². The minimum atomic E-state index is -0.387. The molecule has 7 heteroatoms. The molecule has 1 heterocycles. The standard InChI is InChI=1S/C23H26N4O3/c1-16(2)27-15-18(20-6-4-5-7-21(20)27)13-25-26-23(29)14-24-22(28)12-17-8-10-19(30-3)11-9-17/h4-11,13,15-16H,12,14H2,1-3H3,(H,24,28)(H,26,29)/b25-13+. The van der Waals surface area contributed by atoms with Crippen LogP contribution in [0.3, 0.4) is 0 Å². The van der Waals surface area contributed by atoms with E-state index in [1.165, 1.54) is 0 Å². The third-order valence-electron chi connectivity index (χ3n) is 4.69. The van der Waals surface area contributed by atoms with E-state index in [1.54, 1.807) is 25.5 Å². The normalized spacial score (nSPS) is 11.2. The first-order chi connectivity index (χ1) is 14.5. The smallest absolute Gasteiger partial charge is 0.259 e. The van der Waals surface area contributed by atoms with Crippen molar-refractivity contribution in [1.82, 2.24) is 15.3 Å². The van der Waals surface area contributed by atoms with Gasteiger partial charge in [0.1, 0.15) is 5.75 Å². The van der Waals surface area contributed by atoms with Gasteiger partial charge in [-0.2, -0.15) is 5.10 Å². The first-order valence-electron chi connectivity index (χ1n) is 9.79. The lowest BCUT2D eigenvalue weighted by Crippen LogP contribution is -2.35. The number of aromatic nitrogens is 1. The van der Waals surface area contributed by atoms with Crippen molar-refractivity contribution < 1.29 is 14.3 Å². The lowest BCUT2D eigenvalue weighted by atomic mass is 10.1. The summed E-state index contributed by atoms with van der Waals surface area (Å²) in [5.74, 6) is 0.106. The molecule has 7 nitrogen and oxygen atoms in total. The Morgan fingerprint density at radius 2 is 1.83 bits per heavy atom. The summed E-state index contributed by atoms with van der Waals surface area (Å²) in [4.78, 5) is 24.0. The molecule has 0 saturated carbocycles. The maximum Gasteiger partial charge on any atom is 0.259 e. The van der Waals surface area contributed by atoms with Crippen molar-refractivity contribution in [2.24, 2.45) is 5.10 Å². The second-order valence-corrected chi connectivity index (χ2v) is 7.20. The Hall–Kier alpha value is -3.61. The van der Waals surface area contributed by atoms with E-state index < -0.39 is 0 Å². The van der Waals surface area contributed by atoms with Crippen LogP contribution in [-0.2, 0) is 16.0 Å². The van der Waals surface area contributed by atoms with Crippen molar-refractivity contribution in [2.75, 3.05) is 13.7 Å². The van der Waals surface area contributed by atoms with Crippen LogP contribution in [-0.4, -0.2) is 36.3 Å². The van der Waals surface area contributed by atoms with Gasteiger partial charge in [0.15, 0.2) is 0 Å². The average molecular weight is 406 g/mol. The highest BCUT2D eigenvalue weighted by molar-refractivity contribution is 5.99. The lowest BCUT2D eigenvalue weighted by Gasteiger charge is -2.08. The molecule has 2 N–H and O–H groups in total. The fourth-order valence-electron chi connectivity index (χ4n) is 3.15. The fraction of sp³-hybridized carbons (Fsp3) is 0.261. The van der Waals surface area contributed by atoms with Gasteiger partial charge in [-0.25, -0.2) is 5.43 Å². The number of carbonyl (C=O) groups excluding carboxylic acids is 2. The maximum absolute atomic E-state index is 12.0. The van der Waals surface area contributed by atoms with E-state index in [1.807, 2.05) is 36.5 Å². The summed E-state index contributed by atoms with van der Waals surface area (Å²) in [5, 5.41) is 7.71. The van der Waals surface area contributed by atoms with Crippen molar-refractivity contribution in [3.8, 4) is 5.75 Å². The number of nitrogens with zero attached hydrogens (tertiary/aromatic N) is 2. The Kier molecular flexibility index (Phi) is 6.85. The van der Waals surface area contributed by atoms with E-state index in [0.29, 0.717) is 6.04 Å². The molecule has 0 aliphatic heterocycles. The summed E-state index contributed by atoms with van der Waals surface area (Å²) in [6, 6.07) is 15.6. The van der Waals surface area contributed by atoms with Gasteiger partial charge in [0.2, 0.25) is 5.91 Å². The molecule has 0 saturated heterocycles. The van der Waals surface area contributed by atoms with E-state index in [0.717, 1.165) is 27.8 Å². The number of ether oxygens (including phenoxy) is 1. The highest BCUT2D eigenvalue weighted by Gasteiger charge is 2.09. The molecule has 0 aliphatic rings. The van der Waals surface area contributed by atoms with Crippen LogP contribution < -0.4 is 15.5 Å². The third-order valence-corrected chi connectivity index (χ3v) is 4.69. The zero-order chi connectivity index (χ0) is 21.5. The molecule has 0 spiro atoms. The third kappa shape index (κ3) is 5.26. The van der Waals surface area contributed by atoms with Crippen LogP contribution in [0.2, 0.25) is 0 Å². The summed E-state index contributed by atoms with van der Waals surface area (Å²) in [6.45, 7) is 4.09. The van der Waals surface area contributed by atoms with Gasteiger partial charge in [0, 0.05) is 28.7 Å². The van der Waals surface area contributed by atoms with Crippen molar-refractivity contribution in [2.45, 2.75) is 26.3 Å². The summed E-state index contributed by atoms with van der Waals surface area (Å²) < 4.78 is 7.26. The zero-order valence-electron chi connectivity index (χ0n) is 17.4. The predicted molar refractivity (Wildman–Crippen MR) is 118 cm³/mol.